The van der Waals surface area contributed by atoms with Crippen molar-refractivity contribution in [3.05, 3.63) is 58.6 Å². The lowest BCUT2D eigenvalue weighted by atomic mass is 9.97. The Morgan fingerprint density at radius 3 is 2.33 bits per heavy atom. The van der Waals surface area contributed by atoms with Gasteiger partial charge in [0.25, 0.3) is 0 Å². The summed E-state index contributed by atoms with van der Waals surface area (Å²) in [6, 6.07) is 12.0. The number of benzene rings is 2. The van der Waals surface area contributed by atoms with Gasteiger partial charge in [0.2, 0.25) is 21.8 Å². The fourth-order valence-electron chi connectivity index (χ4n) is 3.74. The van der Waals surface area contributed by atoms with Gasteiger partial charge in [-0.25, -0.2) is 8.42 Å². The number of nitrogens with one attached hydrogen (secondary N) is 2. The number of anilines is 1. The summed E-state index contributed by atoms with van der Waals surface area (Å²) in [6.07, 6.45) is 1.76. The first-order valence-electron chi connectivity index (χ1n) is 11.1. The molecule has 0 unspecified atom stereocenters. The zero-order chi connectivity index (χ0) is 24.0. The molecule has 7 nitrogen and oxygen atoms in total. The summed E-state index contributed by atoms with van der Waals surface area (Å²) in [4.78, 5) is 24.8. The molecule has 1 aliphatic rings. The highest BCUT2D eigenvalue weighted by Gasteiger charge is 2.32. The van der Waals surface area contributed by atoms with Gasteiger partial charge < -0.3 is 10.6 Å². The second kappa shape index (κ2) is 11.1. The molecule has 0 spiro atoms. The zero-order valence-corrected chi connectivity index (χ0v) is 20.5. The molecule has 1 aliphatic heterocycles. The third-order valence-corrected chi connectivity index (χ3v) is 8.10. The van der Waals surface area contributed by atoms with Gasteiger partial charge in [0.1, 0.15) is 0 Å². The van der Waals surface area contributed by atoms with Crippen LogP contribution in [0, 0.1) is 19.8 Å². The van der Waals surface area contributed by atoms with E-state index < -0.39 is 10.0 Å². The molecule has 0 atom stereocenters. The molecule has 33 heavy (non-hydrogen) atoms. The Morgan fingerprint density at radius 2 is 1.70 bits per heavy atom. The highest BCUT2D eigenvalue weighted by molar-refractivity contribution is 7.89. The first-order chi connectivity index (χ1) is 15.7. The number of piperidine rings is 1. The van der Waals surface area contributed by atoms with Crippen molar-refractivity contribution in [1.82, 2.24) is 9.62 Å². The van der Waals surface area contributed by atoms with Crippen molar-refractivity contribution in [3.63, 3.8) is 0 Å². The number of amides is 2. The minimum absolute atomic E-state index is 0.0867. The topological polar surface area (TPSA) is 95.6 Å². The second-order valence-electron chi connectivity index (χ2n) is 8.37. The van der Waals surface area contributed by atoms with Crippen LogP contribution in [0.3, 0.4) is 0 Å². The summed E-state index contributed by atoms with van der Waals surface area (Å²) in [5, 5.41) is 6.26. The largest absolute Gasteiger partial charge is 0.356 e. The maximum absolute atomic E-state index is 12.9. The smallest absolute Gasteiger partial charge is 0.243 e. The van der Waals surface area contributed by atoms with E-state index in [2.05, 4.69) is 10.6 Å². The van der Waals surface area contributed by atoms with Crippen molar-refractivity contribution in [2.45, 2.75) is 44.4 Å². The minimum atomic E-state index is -3.56. The maximum Gasteiger partial charge on any atom is 0.243 e. The van der Waals surface area contributed by atoms with Gasteiger partial charge in [-0.1, -0.05) is 17.7 Å². The molecule has 1 fully saturated rings. The van der Waals surface area contributed by atoms with Gasteiger partial charge in [0, 0.05) is 42.7 Å². The van der Waals surface area contributed by atoms with Crippen molar-refractivity contribution < 1.29 is 18.0 Å². The number of carbonyl (C=O) groups excluding carboxylic acids is 2. The van der Waals surface area contributed by atoms with E-state index in [0.29, 0.717) is 54.5 Å². The number of hydrogen-bond acceptors (Lipinski definition) is 4. The maximum atomic E-state index is 12.9. The SMILES string of the molecule is Cc1ccc(S(=O)(=O)N2CCC(C(=O)NCCCC(=O)Nc3ccc(Cl)cc3)CC2)cc1C. The number of carbonyl (C=O) groups is 2. The van der Waals surface area contributed by atoms with E-state index in [9.17, 15) is 18.0 Å². The molecule has 178 valence electrons. The van der Waals surface area contributed by atoms with E-state index in [-0.39, 0.29) is 24.2 Å². The summed E-state index contributed by atoms with van der Waals surface area (Å²) in [5.74, 6) is -0.438. The van der Waals surface area contributed by atoms with Gasteiger partial charge >= 0.3 is 0 Å². The highest BCUT2D eigenvalue weighted by atomic mass is 35.5. The van der Waals surface area contributed by atoms with E-state index in [4.69, 9.17) is 11.6 Å². The molecule has 0 saturated carbocycles. The Balaban J connectivity index is 1.39. The minimum Gasteiger partial charge on any atom is -0.356 e. The molecule has 3 rings (SSSR count). The van der Waals surface area contributed by atoms with Crippen LogP contribution >= 0.6 is 11.6 Å². The van der Waals surface area contributed by atoms with Crippen molar-refractivity contribution >= 4 is 39.1 Å². The first kappa shape index (κ1) is 25.2. The summed E-state index contributed by atoms with van der Waals surface area (Å²) in [5.41, 5.74) is 2.66. The average molecular weight is 492 g/mol. The molecular formula is C24H30ClN3O4S. The molecular weight excluding hydrogens is 462 g/mol. The molecule has 0 aliphatic carbocycles. The normalized spacial score (nSPS) is 15.2. The fourth-order valence-corrected chi connectivity index (χ4v) is 5.42. The number of halogens is 1. The van der Waals surface area contributed by atoms with Gasteiger partial charge in [-0.05, 0) is 80.6 Å². The molecule has 0 bridgehead atoms. The van der Waals surface area contributed by atoms with Crippen LogP contribution in [0.15, 0.2) is 47.4 Å². The Kier molecular flexibility index (Phi) is 8.51. The lowest BCUT2D eigenvalue weighted by Gasteiger charge is -2.30. The average Bonchev–Trinajstić information content (AvgIpc) is 2.80. The number of nitrogens with zero attached hydrogens (tertiary/aromatic N) is 1. The first-order valence-corrected chi connectivity index (χ1v) is 12.9. The zero-order valence-electron chi connectivity index (χ0n) is 18.9. The number of rotatable bonds is 8. The van der Waals surface area contributed by atoms with Crippen LogP contribution in [-0.2, 0) is 19.6 Å². The van der Waals surface area contributed by atoms with Crippen LogP contribution in [-0.4, -0.2) is 44.2 Å². The van der Waals surface area contributed by atoms with Gasteiger partial charge in [-0.3, -0.25) is 9.59 Å². The molecule has 0 aromatic heterocycles. The van der Waals surface area contributed by atoms with Gasteiger partial charge in [-0.2, -0.15) is 4.31 Å². The summed E-state index contributed by atoms with van der Waals surface area (Å²) in [6.45, 7) is 4.87. The van der Waals surface area contributed by atoms with Crippen LogP contribution in [0.5, 0.6) is 0 Å². The van der Waals surface area contributed by atoms with Crippen LogP contribution in [0.2, 0.25) is 5.02 Å². The lowest BCUT2D eigenvalue weighted by Crippen LogP contribution is -2.43. The third kappa shape index (κ3) is 6.79. The summed E-state index contributed by atoms with van der Waals surface area (Å²) < 4.78 is 27.3. The van der Waals surface area contributed by atoms with Gasteiger partial charge in [-0.15, -0.1) is 0 Å². The predicted octanol–water partition coefficient (Wildman–Crippen LogP) is 3.89. The molecule has 2 aromatic carbocycles. The molecule has 0 radical (unpaired) electrons. The van der Waals surface area contributed by atoms with Crippen LogP contribution < -0.4 is 10.6 Å². The van der Waals surface area contributed by atoms with Crippen LogP contribution in [0.25, 0.3) is 0 Å². The molecule has 2 amide bonds. The standard InChI is InChI=1S/C24H30ClN3O4S/c1-17-5-10-22(16-18(17)2)33(31,32)28-14-11-19(12-15-28)24(30)26-13-3-4-23(29)27-21-8-6-20(25)7-9-21/h5-10,16,19H,3-4,11-15H2,1-2H3,(H,26,30)(H,27,29). The van der Waals surface area contributed by atoms with Crippen molar-refractivity contribution in [1.29, 1.82) is 0 Å². The Morgan fingerprint density at radius 1 is 1.03 bits per heavy atom. The molecule has 2 aromatic rings. The van der Waals surface area contributed by atoms with Crippen molar-refractivity contribution in [3.8, 4) is 0 Å². The van der Waals surface area contributed by atoms with E-state index >= 15 is 0 Å². The van der Waals surface area contributed by atoms with Crippen molar-refractivity contribution in [2.24, 2.45) is 5.92 Å². The number of aryl methyl sites for hydroxylation is 2. The summed E-state index contributed by atoms with van der Waals surface area (Å²) in [7, 11) is -3.56. The Labute approximate surface area is 200 Å². The monoisotopic (exact) mass is 491 g/mol. The second-order valence-corrected chi connectivity index (χ2v) is 10.7. The van der Waals surface area contributed by atoms with E-state index in [1.54, 1.807) is 36.4 Å². The molecule has 9 heteroatoms. The predicted molar refractivity (Wildman–Crippen MR) is 130 cm³/mol. The van der Waals surface area contributed by atoms with E-state index in [1.807, 2.05) is 19.9 Å². The lowest BCUT2D eigenvalue weighted by molar-refractivity contribution is -0.126. The van der Waals surface area contributed by atoms with E-state index in [1.165, 1.54) is 4.31 Å². The molecule has 2 N–H and O–H groups in total. The third-order valence-electron chi connectivity index (χ3n) is 5.95. The van der Waals surface area contributed by atoms with Crippen LogP contribution in [0.1, 0.15) is 36.8 Å². The Hall–Kier alpha value is -2.42. The van der Waals surface area contributed by atoms with Gasteiger partial charge in [0.05, 0.1) is 4.90 Å². The highest BCUT2D eigenvalue weighted by Crippen LogP contribution is 2.25. The number of sulfonamides is 1. The van der Waals surface area contributed by atoms with Crippen molar-refractivity contribution in [2.75, 3.05) is 25.0 Å². The fraction of sp³-hybridized carbons (Fsp3) is 0.417. The Bertz CT molecular complexity index is 1100. The van der Waals surface area contributed by atoms with Crippen LogP contribution in [0.4, 0.5) is 5.69 Å². The van der Waals surface area contributed by atoms with Gasteiger partial charge in [0.15, 0.2) is 0 Å². The molecule has 1 heterocycles. The van der Waals surface area contributed by atoms with E-state index in [0.717, 1.165) is 11.1 Å². The summed E-state index contributed by atoms with van der Waals surface area (Å²) >= 11 is 5.83. The number of hydrogen-bond donors (Lipinski definition) is 2. The quantitative estimate of drug-likeness (QED) is 0.547. The molecule has 1 saturated heterocycles.